The van der Waals surface area contributed by atoms with Gasteiger partial charge in [0.15, 0.2) is 0 Å². The van der Waals surface area contributed by atoms with Gasteiger partial charge >= 0.3 is 0 Å². The van der Waals surface area contributed by atoms with Crippen LogP contribution in [-0.2, 0) is 14.2 Å². The van der Waals surface area contributed by atoms with Crippen LogP contribution in [-0.4, -0.2) is 29.8 Å². The summed E-state index contributed by atoms with van der Waals surface area (Å²) in [5.74, 6) is 0. The van der Waals surface area contributed by atoms with E-state index in [4.69, 9.17) is 37.4 Å². The molecule has 2 aliphatic rings. The zero-order valence-electron chi connectivity index (χ0n) is 11.9. The van der Waals surface area contributed by atoms with Gasteiger partial charge in [0.1, 0.15) is 4.33 Å². The molecular weight excluding hydrogens is 299 g/mol. The first-order valence-corrected chi connectivity index (χ1v) is 8.28. The smallest absolute Gasteiger partial charge is 0.227 e. The normalized spacial score (nSPS) is 30.1. The van der Waals surface area contributed by atoms with Crippen molar-refractivity contribution in [2.75, 3.05) is 13.2 Å². The predicted octanol–water partition coefficient (Wildman–Crippen LogP) is 4.42. The molecule has 0 N–H and O–H groups in total. The molecule has 2 saturated heterocycles. The molecule has 0 aromatic rings. The topological polar surface area (TPSA) is 27.7 Å². The summed E-state index contributed by atoms with van der Waals surface area (Å²) in [4.78, 5) is 0. The van der Waals surface area contributed by atoms with E-state index >= 15 is 0 Å². The molecule has 0 saturated carbocycles. The molecule has 116 valence electrons. The molecule has 5 heteroatoms. The van der Waals surface area contributed by atoms with E-state index in [9.17, 15) is 0 Å². The monoisotopic (exact) mass is 322 g/mol. The van der Waals surface area contributed by atoms with Crippen LogP contribution in [0.5, 0.6) is 0 Å². The first-order valence-electron chi connectivity index (χ1n) is 7.53. The van der Waals surface area contributed by atoms with Crippen LogP contribution < -0.4 is 0 Å². The van der Waals surface area contributed by atoms with Gasteiger partial charge in [0.25, 0.3) is 0 Å². The molecule has 0 aromatic heterocycles. The van der Waals surface area contributed by atoms with Crippen molar-refractivity contribution in [2.45, 2.75) is 67.9 Å². The van der Waals surface area contributed by atoms with Gasteiger partial charge in [0, 0.05) is 13.0 Å². The fourth-order valence-electron chi connectivity index (χ4n) is 2.65. The van der Waals surface area contributed by atoms with E-state index < -0.39 is 4.33 Å². The van der Waals surface area contributed by atoms with Crippen LogP contribution in [0, 0.1) is 13.2 Å². The van der Waals surface area contributed by atoms with Crippen molar-refractivity contribution in [3.8, 4) is 0 Å². The first kappa shape index (κ1) is 16.8. The Bertz CT molecular complexity index is 256. The summed E-state index contributed by atoms with van der Waals surface area (Å²) in [5, 5.41) is 0. The average molecular weight is 323 g/mol. The van der Waals surface area contributed by atoms with Crippen molar-refractivity contribution in [2.24, 2.45) is 0 Å². The highest BCUT2D eigenvalue weighted by molar-refractivity contribution is 6.48. The maximum absolute atomic E-state index is 6.32. The lowest BCUT2D eigenvalue weighted by Gasteiger charge is -2.28. The maximum Gasteiger partial charge on any atom is 0.227 e. The van der Waals surface area contributed by atoms with Gasteiger partial charge in [-0.2, -0.15) is 0 Å². The second-order valence-electron chi connectivity index (χ2n) is 5.64. The number of ether oxygens (including phenoxy) is 3. The highest BCUT2D eigenvalue weighted by atomic mass is 35.5. The minimum absolute atomic E-state index is 0.0470. The molecule has 0 spiro atoms. The van der Waals surface area contributed by atoms with Gasteiger partial charge in [-0.3, -0.25) is 0 Å². The van der Waals surface area contributed by atoms with Gasteiger partial charge < -0.3 is 14.2 Å². The molecule has 2 aliphatic heterocycles. The van der Waals surface area contributed by atoms with Crippen LogP contribution >= 0.6 is 23.2 Å². The van der Waals surface area contributed by atoms with Gasteiger partial charge in [0.05, 0.1) is 18.8 Å². The van der Waals surface area contributed by atoms with Crippen molar-refractivity contribution in [1.82, 2.24) is 0 Å². The van der Waals surface area contributed by atoms with Gasteiger partial charge in [-0.25, -0.2) is 0 Å². The van der Waals surface area contributed by atoms with E-state index in [1.807, 2.05) is 0 Å². The van der Waals surface area contributed by atoms with E-state index in [1.165, 1.54) is 6.42 Å². The number of hydrogen-bond donors (Lipinski definition) is 0. The van der Waals surface area contributed by atoms with E-state index in [2.05, 4.69) is 6.92 Å². The summed E-state index contributed by atoms with van der Waals surface area (Å²) in [6.45, 7) is 5.15. The Morgan fingerprint density at radius 3 is 2.55 bits per heavy atom. The van der Waals surface area contributed by atoms with Crippen LogP contribution in [0.3, 0.4) is 0 Å². The molecule has 2 unspecified atom stereocenters. The van der Waals surface area contributed by atoms with Crippen LogP contribution in [0.25, 0.3) is 0 Å². The third-order valence-corrected chi connectivity index (χ3v) is 4.38. The molecule has 2 radical (unpaired) electrons. The first-order chi connectivity index (χ1) is 9.59. The molecule has 3 nitrogen and oxygen atoms in total. The summed E-state index contributed by atoms with van der Waals surface area (Å²) < 4.78 is 16.8. The quantitative estimate of drug-likeness (QED) is 0.717. The lowest BCUT2D eigenvalue weighted by molar-refractivity contribution is -0.113. The molecule has 2 bridgehead atoms. The number of alkyl halides is 2. The van der Waals surface area contributed by atoms with E-state index in [0.29, 0.717) is 32.2 Å². The largest absolute Gasteiger partial charge is 0.379 e. The Labute approximate surface area is 132 Å². The Morgan fingerprint density at radius 2 is 1.80 bits per heavy atom. The molecule has 20 heavy (non-hydrogen) atoms. The van der Waals surface area contributed by atoms with Crippen LogP contribution in [0.15, 0.2) is 0 Å². The van der Waals surface area contributed by atoms with Crippen LogP contribution in [0.1, 0.15) is 51.4 Å². The van der Waals surface area contributed by atoms with Crippen molar-refractivity contribution in [1.29, 1.82) is 0 Å². The fourth-order valence-corrected chi connectivity index (χ4v) is 3.14. The van der Waals surface area contributed by atoms with E-state index in [0.717, 1.165) is 32.3 Å². The molecule has 2 atom stereocenters. The second-order valence-corrected chi connectivity index (χ2v) is 7.28. The zero-order chi connectivity index (χ0) is 14.4. The van der Waals surface area contributed by atoms with Gasteiger partial charge in [0.2, 0.25) is 6.29 Å². The summed E-state index contributed by atoms with van der Waals surface area (Å²) >= 11 is 12.6. The lowest BCUT2D eigenvalue weighted by Crippen LogP contribution is -2.27. The minimum atomic E-state index is -0.866. The molecule has 0 amide bonds. The Kier molecular flexibility index (Phi) is 6.89. The van der Waals surface area contributed by atoms with Crippen molar-refractivity contribution in [3.05, 3.63) is 13.2 Å². The van der Waals surface area contributed by atoms with Gasteiger partial charge in [-0.15, -0.1) is 23.2 Å². The zero-order valence-corrected chi connectivity index (χ0v) is 13.4. The van der Waals surface area contributed by atoms with E-state index in [-0.39, 0.29) is 12.2 Å². The summed E-state index contributed by atoms with van der Waals surface area (Å²) in [6, 6.07) is 0. The number of fused-ring (bicyclic) bond motifs is 4. The molecule has 2 rings (SSSR count). The maximum atomic E-state index is 6.32. The van der Waals surface area contributed by atoms with Gasteiger partial charge in [-0.05, 0) is 25.7 Å². The van der Waals surface area contributed by atoms with Crippen LogP contribution in [0.2, 0.25) is 0 Å². The highest BCUT2D eigenvalue weighted by Gasteiger charge is 2.34. The SMILES string of the molecule is [CH2]CCC(Cl)(Cl)C[C]1OC2CCCCC(COCC2)O1. The van der Waals surface area contributed by atoms with Crippen molar-refractivity contribution >= 4 is 23.2 Å². The Balaban J connectivity index is 2.02. The van der Waals surface area contributed by atoms with E-state index in [1.54, 1.807) is 0 Å². The van der Waals surface area contributed by atoms with Crippen molar-refractivity contribution in [3.63, 3.8) is 0 Å². The molecule has 0 aromatic carbocycles. The fraction of sp³-hybridized carbons (Fsp3) is 0.867. The molecule has 2 heterocycles. The molecule has 2 fully saturated rings. The summed E-state index contributed by atoms with van der Waals surface area (Å²) in [7, 11) is 0. The third-order valence-electron chi connectivity index (χ3n) is 3.73. The summed E-state index contributed by atoms with van der Waals surface area (Å²) in [5.41, 5.74) is 0. The average Bonchev–Trinajstić information content (AvgIpc) is 2.51. The Hall–Kier alpha value is 0.460. The summed E-state index contributed by atoms with van der Waals surface area (Å²) in [6.07, 6.45) is 7.72. The standard InChI is InChI=1S/C15H24Cl2O3/c1-2-8-15(16,17)10-14-19-12-5-3-4-6-13(20-14)11-18-9-7-12/h12-13H,1-11H2. The highest BCUT2D eigenvalue weighted by Crippen LogP contribution is 2.38. The lowest BCUT2D eigenvalue weighted by atomic mass is 10.1. The molecular formula is C15H24Cl2O3. The number of halogens is 2. The molecule has 0 aliphatic carbocycles. The predicted molar refractivity (Wildman–Crippen MR) is 80.5 cm³/mol. The third kappa shape index (κ3) is 5.69. The van der Waals surface area contributed by atoms with Gasteiger partial charge in [-0.1, -0.05) is 26.2 Å². The van der Waals surface area contributed by atoms with Crippen molar-refractivity contribution < 1.29 is 14.2 Å². The van der Waals surface area contributed by atoms with Crippen LogP contribution in [0.4, 0.5) is 0 Å². The minimum Gasteiger partial charge on any atom is -0.379 e. The Morgan fingerprint density at radius 1 is 1.10 bits per heavy atom. The number of hydrogen-bond acceptors (Lipinski definition) is 3. The number of rotatable bonds is 4. The second kappa shape index (κ2) is 8.19.